The third-order valence-corrected chi connectivity index (χ3v) is 8.43. The molecule has 0 radical (unpaired) electrons. The highest BCUT2D eigenvalue weighted by molar-refractivity contribution is 6.12. The van der Waals surface area contributed by atoms with Crippen LogP contribution in [0.15, 0.2) is 54.6 Å². The normalized spacial score (nSPS) is 19.5. The number of alkyl halides is 1. The molecule has 0 spiro atoms. The molecule has 246 valence electrons. The van der Waals surface area contributed by atoms with E-state index >= 15 is 4.39 Å². The van der Waals surface area contributed by atoms with Crippen LogP contribution in [0.2, 0.25) is 0 Å². The van der Waals surface area contributed by atoms with Crippen LogP contribution in [0.4, 0.5) is 17.6 Å². The minimum atomic E-state index is -1.15. The van der Waals surface area contributed by atoms with Gasteiger partial charge in [0.2, 0.25) is 0 Å². The first-order valence-electron chi connectivity index (χ1n) is 15.7. The van der Waals surface area contributed by atoms with E-state index in [2.05, 4.69) is 20.3 Å². The second kappa shape index (κ2) is 14.3. The molecule has 1 N–H and O–H groups in total. The van der Waals surface area contributed by atoms with E-state index in [1.165, 1.54) is 29.2 Å². The lowest BCUT2D eigenvalue weighted by atomic mass is 9.85. The molecule has 2 aliphatic rings. The van der Waals surface area contributed by atoms with E-state index < -0.39 is 41.1 Å². The molecule has 0 saturated carbocycles. The molecule has 1 aromatic heterocycles. The molecule has 5 rings (SSSR count). The Morgan fingerprint density at radius 1 is 0.913 bits per heavy atom. The monoisotopic (exact) mass is 640 g/mol. The standard InChI is InChI=1S/C34H40F4N6O2/c1-34(2,3)31(39-28-21-42(20-27(28)38)15-6-4-5-7-16-43-29(45)13-14-30(43)46)33-40-32(25-18-24(36)11-12-26(25)37)41-44(33)19-22-9-8-10-23(35)17-22/h8-14,17-18,27-28,31,39H,4-7,15-16,19-21H2,1-3H3/t27-,28+,31-/m0/s1. The number of hydrogen-bond donors (Lipinski definition) is 1. The number of imide groups is 1. The van der Waals surface area contributed by atoms with Crippen LogP contribution in [0.25, 0.3) is 11.4 Å². The van der Waals surface area contributed by atoms with Crippen molar-refractivity contribution in [2.45, 2.75) is 71.3 Å². The number of halogens is 4. The summed E-state index contributed by atoms with van der Waals surface area (Å²) in [5, 5.41) is 8.01. The van der Waals surface area contributed by atoms with Gasteiger partial charge in [0.15, 0.2) is 5.82 Å². The Balaban J connectivity index is 1.27. The van der Waals surface area contributed by atoms with E-state index in [1.807, 2.05) is 20.8 Å². The van der Waals surface area contributed by atoms with E-state index in [0.29, 0.717) is 31.0 Å². The number of nitrogens with one attached hydrogen (secondary N) is 1. The number of nitrogens with zero attached hydrogens (tertiary/aromatic N) is 5. The number of unbranched alkanes of at least 4 members (excludes halogenated alkanes) is 3. The van der Waals surface area contributed by atoms with E-state index in [1.54, 1.807) is 16.8 Å². The molecule has 3 aromatic rings. The molecule has 0 aliphatic carbocycles. The lowest BCUT2D eigenvalue weighted by molar-refractivity contribution is -0.136. The van der Waals surface area contributed by atoms with Gasteiger partial charge in [0.05, 0.1) is 24.2 Å². The Morgan fingerprint density at radius 3 is 2.30 bits per heavy atom. The highest BCUT2D eigenvalue weighted by Gasteiger charge is 2.39. The van der Waals surface area contributed by atoms with E-state index in [-0.39, 0.29) is 36.3 Å². The molecule has 3 atom stereocenters. The molecule has 2 aromatic carbocycles. The number of benzene rings is 2. The van der Waals surface area contributed by atoms with Crippen LogP contribution in [-0.4, -0.2) is 74.8 Å². The first-order chi connectivity index (χ1) is 21.9. The molecular formula is C34H40F4N6O2. The summed E-state index contributed by atoms with van der Waals surface area (Å²) in [4.78, 5) is 31.4. The van der Waals surface area contributed by atoms with Gasteiger partial charge in [-0.2, -0.15) is 5.10 Å². The molecule has 2 aliphatic heterocycles. The highest BCUT2D eigenvalue weighted by atomic mass is 19.1. The van der Waals surface area contributed by atoms with Gasteiger partial charge in [0.1, 0.15) is 29.4 Å². The number of hydrogen-bond acceptors (Lipinski definition) is 6. The summed E-state index contributed by atoms with van der Waals surface area (Å²) in [6, 6.07) is 8.07. The second-order valence-corrected chi connectivity index (χ2v) is 13.1. The van der Waals surface area contributed by atoms with Crippen molar-refractivity contribution in [1.29, 1.82) is 0 Å². The number of aromatic nitrogens is 3. The minimum absolute atomic E-state index is 0.0148. The van der Waals surface area contributed by atoms with Gasteiger partial charge in [-0.3, -0.25) is 24.7 Å². The van der Waals surface area contributed by atoms with Crippen molar-refractivity contribution >= 4 is 11.8 Å². The van der Waals surface area contributed by atoms with Gasteiger partial charge >= 0.3 is 0 Å². The van der Waals surface area contributed by atoms with Gasteiger partial charge in [-0.25, -0.2) is 27.2 Å². The fourth-order valence-electron chi connectivity index (χ4n) is 5.99. The van der Waals surface area contributed by atoms with Gasteiger partial charge in [0, 0.05) is 31.8 Å². The Hall–Kier alpha value is -3.90. The molecule has 1 saturated heterocycles. The van der Waals surface area contributed by atoms with Gasteiger partial charge in [-0.1, -0.05) is 45.7 Å². The van der Waals surface area contributed by atoms with Crippen LogP contribution >= 0.6 is 0 Å². The first-order valence-corrected chi connectivity index (χ1v) is 15.7. The topological polar surface area (TPSA) is 83.4 Å². The molecule has 3 heterocycles. The minimum Gasteiger partial charge on any atom is -0.300 e. The van der Waals surface area contributed by atoms with Crippen molar-refractivity contribution in [3.8, 4) is 11.4 Å². The molecule has 0 unspecified atom stereocenters. The Morgan fingerprint density at radius 2 is 1.61 bits per heavy atom. The summed E-state index contributed by atoms with van der Waals surface area (Å²) in [5.41, 5.74) is 0.0130. The van der Waals surface area contributed by atoms with E-state index in [4.69, 9.17) is 0 Å². The molecule has 2 amide bonds. The van der Waals surface area contributed by atoms with Crippen molar-refractivity contribution in [3.63, 3.8) is 0 Å². The van der Waals surface area contributed by atoms with Crippen LogP contribution < -0.4 is 5.32 Å². The number of rotatable bonds is 13. The summed E-state index contributed by atoms with van der Waals surface area (Å²) >= 11 is 0. The zero-order chi connectivity index (χ0) is 33.0. The molecule has 0 bridgehead atoms. The van der Waals surface area contributed by atoms with Gasteiger partial charge < -0.3 is 0 Å². The van der Waals surface area contributed by atoms with Crippen LogP contribution in [-0.2, 0) is 16.1 Å². The number of carbonyl (C=O) groups excluding carboxylic acids is 2. The second-order valence-electron chi connectivity index (χ2n) is 13.1. The molecule has 1 fully saturated rings. The third kappa shape index (κ3) is 8.08. The van der Waals surface area contributed by atoms with E-state index in [0.717, 1.165) is 43.9 Å². The number of carbonyl (C=O) groups is 2. The average Bonchev–Trinajstić information content (AvgIpc) is 3.66. The zero-order valence-electron chi connectivity index (χ0n) is 26.4. The lowest BCUT2D eigenvalue weighted by Gasteiger charge is -2.34. The fraction of sp³-hybridized carbons (Fsp3) is 0.471. The van der Waals surface area contributed by atoms with Crippen molar-refractivity contribution < 1.29 is 27.2 Å². The first kappa shape index (κ1) is 33.5. The Labute approximate surface area is 266 Å². The van der Waals surface area contributed by atoms with E-state index in [9.17, 15) is 22.8 Å². The smallest absolute Gasteiger partial charge is 0.253 e. The predicted octanol–water partition coefficient (Wildman–Crippen LogP) is 5.60. The average molecular weight is 641 g/mol. The summed E-state index contributed by atoms with van der Waals surface area (Å²) in [6.07, 6.45) is 4.75. The zero-order valence-corrected chi connectivity index (χ0v) is 26.4. The maximum Gasteiger partial charge on any atom is 0.253 e. The molecule has 12 heteroatoms. The maximum absolute atomic E-state index is 15.5. The largest absolute Gasteiger partial charge is 0.300 e. The maximum atomic E-state index is 15.5. The van der Waals surface area contributed by atoms with Crippen LogP contribution in [0.3, 0.4) is 0 Å². The van der Waals surface area contributed by atoms with Gasteiger partial charge in [0.25, 0.3) is 11.8 Å². The SMILES string of the molecule is CC(C)(C)[C@@H](N[C@@H]1CN(CCCCCCN2C(=O)C=CC2=O)C[C@@H]1F)c1nc(-c2cc(F)ccc2F)nn1Cc1cccc(F)c1. The number of amides is 2. The summed E-state index contributed by atoms with van der Waals surface area (Å²) in [6.45, 7) is 7.91. The summed E-state index contributed by atoms with van der Waals surface area (Å²) < 4.78 is 60.0. The third-order valence-electron chi connectivity index (χ3n) is 8.43. The van der Waals surface area contributed by atoms with Crippen LogP contribution in [0.5, 0.6) is 0 Å². The lowest BCUT2D eigenvalue weighted by Crippen LogP contribution is -2.45. The molecule has 8 nitrogen and oxygen atoms in total. The molecule has 46 heavy (non-hydrogen) atoms. The van der Waals surface area contributed by atoms with Crippen molar-refractivity contribution in [1.82, 2.24) is 29.9 Å². The van der Waals surface area contributed by atoms with Gasteiger partial charge in [-0.15, -0.1) is 0 Å². The Kier molecular flexibility index (Phi) is 10.4. The predicted molar refractivity (Wildman–Crippen MR) is 166 cm³/mol. The number of likely N-dealkylation sites (tertiary alicyclic amines) is 1. The quantitative estimate of drug-likeness (QED) is 0.149. The van der Waals surface area contributed by atoms with Crippen molar-refractivity contribution in [2.24, 2.45) is 5.41 Å². The van der Waals surface area contributed by atoms with Crippen LogP contribution in [0, 0.1) is 22.9 Å². The van der Waals surface area contributed by atoms with Gasteiger partial charge in [-0.05, 0) is 60.7 Å². The van der Waals surface area contributed by atoms with Crippen molar-refractivity contribution in [2.75, 3.05) is 26.2 Å². The summed E-state index contributed by atoms with van der Waals surface area (Å²) in [7, 11) is 0. The van der Waals surface area contributed by atoms with Crippen LogP contribution in [0.1, 0.15) is 63.9 Å². The summed E-state index contributed by atoms with van der Waals surface area (Å²) in [5.74, 6) is -1.88. The van der Waals surface area contributed by atoms with Crippen molar-refractivity contribution in [3.05, 3.63) is 83.5 Å². The highest BCUT2D eigenvalue weighted by Crippen LogP contribution is 2.35. The Bertz CT molecular complexity index is 1570. The fourth-order valence-corrected chi connectivity index (χ4v) is 5.99. The molecular weight excluding hydrogens is 600 g/mol.